The maximum Gasteiger partial charge on any atom is 0.410 e. The van der Waals surface area contributed by atoms with Gasteiger partial charge in [-0.15, -0.1) is 0 Å². The highest BCUT2D eigenvalue weighted by molar-refractivity contribution is 5.94. The van der Waals surface area contributed by atoms with Gasteiger partial charge >= 0.3 is 12.1 Å². The van der Waals surface area contributed by atoms with Crippen LogP contribution in [0.25, 0.3) is 11.1 Å². The van der Waals surface area contributed by atoms with E-state index in [0.29, 0.717) is 37.6 Å². The minimum Gasteiger partial charge on any atom is -0.444 e. The number of benzene rings is 2. The Morgan fingerprint density at radius 1 is 0.941 bits per heavy atom. The molecule has 2 saturated heterocycles. The number of carbonyl (C=O) groups excluding carboxylic acids is 2. The fraction of sp³-hybridized carbons (Fsp3) is 0.481. The Morgan fingerprint density at radius 2 is 1.53 bits per heavy atom. The number of nitrogens with zero attached hydrogens (tertiary/aromatic N) is 2. The van der Waals surface area contributed by atoms with Crippen LogP contribution in [0.15, 0.2) is 42.5 Å². The van der Waals surface area contributed by atoms with Gasteiger partial charge in [0.2, 0.25) is 0 Å². The number of nitrogens with one attached hydrogen (secondary N) is 1. The second kappa shape index (κ2) is 9.20. The van der Waals surface area contributed by atoms with Gasteiger partial charge in [-0.3, -0.25) is 0 Å². The molecule has 0 unspecified atom stereocenters. The largest absolute Gasteiger partial charge is 0.444 e. The fourth-order valence-corrected chi connectivity index (χ4v) is 4.79. The Bertz CT molecular complexity index is 1050. The molecule has 0 atom stereocenters. The average Bonchev–Trinajstić information content (AvgIpc) is 3.19. The van der Waals surface area contributed by atoms with Crippen LogP contribution in [0.3, 0.4) is 0 Å². The van der Waals surface area contributed by atoms with Crippen LogP contribution in [0.2, 0.25) is 0 Å². The van der Waals surface area contributed by atoms with Crippen LogP contribution in [-0.2, 0) is 4.74 Å². The summed E-state index contributed by atoms with van der Waals surface area (Å²) in [6.07, 6.45) is 2.46. The lowest BCUT2D eigenvalue weighted by molar-refractivity contribution is 0.0254. The molecule has 3 amide bonds. The molecule has 34 heavy (non-hydrogen) atoms. The first-order valence-corrected chi connectivity index (χ1v) is 12.0. The van der Waals surface area contributed by atoms with Gasteiger partial charge in [-0.2, -0.15) is 0 Å². The molecule has 0 radical (unpaired) electrons. The van der Waals surface area contributed by atoms with Gasteiger partial charge in [-0.1, -0.05) is 35.9 Å². The highest BCUT2D eigenvalue weighted by Crippen LogP contribution is 2.41. The van der Waals surface area contributed by atoms with Crippen molar-refractivity contribution >= 4 is 23.5 Å². The lowest BCUT2D eigenvalue weighted by Gasteiger charge is -2.39. The van der Waals surface area contributed by atoms with Gasteiger partial charge in [0.25, 0.3) is 0 Å². The van der Waals surface area contributed by atoms with Crippen molar-refractivity contribution in [2.45, 2.75) is 52.6 Å². The average molecular weight is 465 g/mol. The first kappa shape index (κ1) is 23.9. The van der Waals surface area contributed by atoms with E-state index in [-0.39, 0.29) is 17.5 Å². The molecular weight excluding hydrogens is 428 g/mol. The molecule has 182 valence electrons. The van der Waals surface area contributed by atoms with Crippen molar-refractivity contribution in [3.63, 3.8) is 0 Å². The molecule has 0 saturated carbocycles. The van der Waals surface area contributed by atoms with E-state index in [4.69, 9.17) is 10.5 Å². The predicted molar refractivity (Wildman–Crippen MR) is 136 cm³/mol. The number of urea groups is 1. The van der Waals surface area contributed by atoms with Gasteiger partial charge < -0.3 is 25.6 Å². The highest BCUT2D eigenvalue weighted by atomic mass is 16.6. The van der Waals surface area contributed by atoms with Crippen LogP contribution < -0.4 is 11.1 Å². The number of amides is 3. The summed E-state index contributed by atoms with van der Waals surface area (Å²) in [4.78, 5) is 29.1. The molecular formula is C27H36N4O3. The number of likely N-dealkylation sites (tertiary alicyclic amines) is 2. The van der Waals surface area contributed by atoms with E-state index in [2.05, 4.69) is 36.5 Å². The molecule has 2 aliphatic rings. The van der Waals surface area contributed by atoms with Crippen molar-refractivity contribution in [2.24, 2.45) is 5.41 Å². The molecule has 7 nitrogen and oxygen atoms in total. The Balaban J connectivity index is 1.35. The summed E-state index contributed by atoms with van der Waals surface area (Å²) in [5.74, 6) is 0. The summed E-state index contributed by atoms with van der Waals surface area (Å²) in [6, 6.07) is 13.9. The second-order valence-electron chi connectivity index (χ2n) is 10.7. The maximum absolute atomic E-state index is 13.0. The summed E-state index contributed by atoms with van der Waals surface area (Å²) >= 11 is 0. The predicted octanol–water partition coefficient (Wildman–Crippen LogP) is 5.50. The lowest BCUT2D eigenvalue weighted by Crippen LogP contribution is -2.46. The van der Waals surface area contributed by atoms with E-state index in [1.807, 2.05) is 48.8 Å². The molecule has 2 aromatic carbocycles. The summed E-state index contributed by atoms with van der Waals surface area (Å²) in [7, 11) is 0. The summed E-state index contributed by atoms with van der Waals surface area (Å²) in [6.45, 7) is 10.4. The molecule has 2 fully saturated rings. The number of nitrogen functional groups attached to an aromatic ring is 1. The molecule has 2 aromatic rings. The zero-order valence-electron chi connectivity index (χ0n) is 20.7. The standard InChI is InChI=1S/C27H36N4O3/c1-19-5-7-20(8-6-19)21-9-10-22(28)23(17-21)29-24(32)30-14-11-27(12-15-30)13-16-31(18-27)25(33)34-26(2,3)4/h5-10,17H,11-16,18,28H2,1-4H3,(H,29,32). The Hall–Kier alpha value is -3.22. The van der Waals surface area contributed by atoms with E-state index in [0.717, 1.165) is 30.4 Å². The topological polar surface area (TPSA) is 87.9 Å². The summed E-state index contributed by atoms with van der Waals surface area (Å²) < 4.78 is 5.54. The fourth-order valence-electron chi connectivity index (χ4n) is 4.79. The van der Waals surface area contributed by atoms with Gasteiger partial charge in [-0.25, -0.2) is 9.59 Å². The minimum absolute atomic E-state index is 0.0675. The first-order valence-electron chi connectivity index (χ1n) is 12.0. The maximum atomic E-state index is 13.0. The van der Waals surface area contributed by atoms with Crippen molar-refractivity contribution in [3.05, 3.63) is 48.0 Å². The zero-order chi connectivity index (χ0) is 24.5. The van der Waals surface area contributed by atoms with Crippen LogP contribution in [-0.4, -0.2) is 53.7 Å². The van der Waals surface area contributed by atoms with Gasteiger partial charge in [0.1, 0.15) is 5.60 Å². The number of hydrogen-bond donors (Lipinski definition) is 2. The molecule has 1 spiro atoms. The summed E-state index contributed by atoms with van der Waals surface area (Å²) in [5, 5.41) is 3.01. The van der Waals surface area contributed by atoms with Gasteiger partial charge in [0.05, 0.1) is 11.4 Å². The number of anilines is 2. The van der Waals surface area contributed by atoms with Gasteiger partial charge in [0.15, 0.2) is 0 Å². The zero-order valence-corrected chi connectivity index (χ0v) is 20.7. The van der Waals surface area contributed by atoms with Crippen molar-refractivity contribution < 1.29 is 14.3 Å². The van der Waals surface area contributed by atoms with Gasteiger partial charge in [0, 0.05) is 26.2 Å². The Morgan fingerprint density at radius 3 is 2.15 bits per heavy atom. The normalized spacial score (nSPS) is 17.6. The van der Waals surface area contributed by atoms with Crippen molar-refractivity contribution in [1.29, 1.82) is 0 Å². The van der Waals surface area contributed by atoms with Crippen LogP contribution in [0, 0.1) is 12.3 Å². The van der Waals surface area contributed by atoms with E-state index in [9.17, 15) is 9.59 Å². The summed E-state index contributed by atoms with van der Waals surface area (Å²) in [5.41, 5.74) is 10.2. The number of piperidine rings is 1. The monoisotopic (exact) mass is 464 g/mol. The third kappa shape index (κ3) is 5.46. The van der Waals surface area contributed by atoms with E-state index in [1.165, 1.54) is 5.56 Å². The Kier molecular flexibility index (Phi) is 6.47. The number of aryl methyl sites for hydroxylation is 1. The SMILES string of the molecule is Cc1ccc(-c2ccc(N)c(NC(=O)N3CCC4(CC3)CCN(C(=O)OC(C)(C)C)C4)c2)cc1. The number of carbonyl (C=O) groups is 2. The molecule has 0 bridgehead atoms. The second-order valence-corrected chi connectivity index (χ2v) is 10.7. The first-order chi connectivity index (χ1) is 16.0. The van der Waals surface area contributed by atoms with Gasteiger partial charge in [-0.05, 0) is 75.6 Å². The number of hydrogen-bond acceptors (Lipinski definition) is 4. The van der Waals surface area contributed by atoms with Crippen LogP contribution >= 0.6 is 0 Å². The van der Waals surface area contributed by atoms with Crippen molar-refractivity contribution in [2.75, 3.05) is 37.2 Å². The third-order valence-electron chi connectivity index (χ3n) is 6.88. The van der Waals surface area contributed by atoms with Crippen LogP contribution in [0.4, 0.5) is 21.0 Å². The van der Waals surface area contributed by atoms with Crippen LogP contribution in [0.1, 0.15) is 45.6 Å². The molecule has 0 aliphatic carbocycles. The number of rotatable bonds is 2. The van der Waals surface area contributed by atoms with E-state index >= 15 is 0 Å². The molecule has 0 aromatic heterocycles. The van der Waals surface area contributed by atoms with E-state index in [1.54, 1.807) is 0 Å². The molecule has 7 heteroatoms. The quantitative estimate of drug-likeness (QED) is 0.575. The van der Waals surface area contributed by atoms with Crippen molar-refractivity contribution in [1.82, 2.24) is 9.80 Å². The minimum atomic E-state index is -0.493. The number of ether oxygens (including phenoxy) is 1. The van der Waals surface area contributed by atoms with Crippen LogP contribution in [0.5, 0.6) is 0 Å². The molecule has 2 heterocycles. The lowest BCUT2D eigenvalue weighted by atomic mass is 9.78. The van der Waals surface area contributed by atoms with E-state index < -0.39 is 5.60 Å². The number of nitrogens with two attached hydrogens (primary N) is 1. The molecule has 4 rings (SSSR count). The highest BCUT2D eigenvalue weighted by Gasteiger charge is 2.43. The van der Waals surface area contributed by atoms with Crippen molar-refractivity contribution in [3.8, 4) is 11.1 Å². The third-order valence-corrected chi connectivity index (χ3v) is 6.88. The molecule has 2 aliphatic heterocycles. The Labute approximate surface area is 202 Å². The molecule has 3 N–H and O–H groups in total. The smallest absolute Gasteiger partial charge is 0.410 e.